The lowest BCUT2D eigenvalue weighted by Gasteiger charge is -2.34. The molecule has 6 nitrogen and oxygen atoms in total. The third-order valence-corrected chi connectivity index (χ3v) is 3.17. The smallest absolute Gasteiger partial charge is 0.257 e. The number of hydrogen-bond donors (Lipinski definition) is 0. The van der Waals surface area contributed by atoms with E-state index in [2.05, 4.69) is 4.98 Å². The molecular formula is C13H16FN3O3. The van der Waals surface area contributed by atoms with Gasteiger partial charge in [0.25, 0.3) is 5.91 Å². The van der Waals surface area contributed by atoms with Gasteiger partial charge in [0.15, 0.2) is 5.82 Å². The van der Waals surface area contributed by atoms with E-state index in [0.29, 0.717) is 26.2 Å². The maximum absolute atomic E-state index is 13.5. The van der Waals surface area contributed by atoms with Crippen LogP contribution < -0.4 is 0 Å². The molecule has 2 heterocycles. The van der Waals surface area contributed by atoms with Gasteiger partial charge in [0.2, 0.25) is 5.91 Å². The Hall–Kier alpha value is -2.02. The maximum Gasteiger partial charge on any atom is 0.257 e. The molecule has 1 aromatic rings. The number of ether oxygens (including phenoxy) is 1. The van der Waals surface area contributed by atoms with Crippen molar-refractivity contribution in [3.63, 3.8) is 0 Å². The lowest BCUT2D eigenvalue weighted by molar-refractivity contribution is -0.135. The number of carbonyl (C=O) groups excluding carboxylic acids is 2. The molecule has 0 N–H and O–H groups in total. The standard InChI is InChI=1S/C13H16FN3O3/c1-20-7-6-16-4-5-17(9-12(16)18)13(19)10-2-3-15-8-11(10)14/h2-3,8H,4-7,9H2,1H3. The molecule has 0 unspecified atom stereocenters. The summed E-state index contributed by atoms with van der Waals surface area (Å²) >= 11 is 0. The van der Waals surface area contributed by atoms with Crippen molar-refractivity contribution in [1.82, 2.24) is 14.8 Å². The summed E-state index contributed by atoms with van der Waals surface area (Å²) in [4.78, 5) is 30.6. The Kier molecular flexibility index (Phi) is 4.62. The third-order valence-electron chi connectivity index (χ3n) is 3.17. The molecule has 1 aromatic heterocycles. The molecule has 0 bridgehead atoms. The number of aromatic nitrogens is 1. The molecule has 0 saturated carbocycles. The Morgan fingerprint density at radius 2 is 2.30 bits per heavy atom. The van der Waals surface area contributed by atoms with E-state index in [1.54, 1.807) is 12.0 Å². The van der Waals surface area contributed by atoms with E-state index < -0.39 is 11.7 Å². The molecule has 1 aliphatic heterocycles. The number of pyridine rings is 1. The van der Waals surface area contributed by atoms with E-state index in [0.717, 1.165) is 6.20 Å². The Morgan fingerprint density at radius 3 is 2.95 bits per heavy atom. The maximum atomic E-state index is 13.5. The number of nitrogens with zero attached hydrogens (tertiary/aromatic N) is 3. The van der Waals surface area contributed by atoms with Crippen molar-refractivity contribution in [1.29, 1.82) is 0 Å². The van der Waals surface area contributed by atoms with Gasteiger partial charge in [-0.3, -0.25) is 14.6 Å². The van der Waals surface area contributed by atoms with Gasteiger partial charge in [0.05, 0.1) is 18.4 Å². The zero-order chi connectivity index (χ0) is 14.5. The summed E-state index contributed by atoms with van der Waals surface area (Å²) < 4.78 is 18.4. The van der Waals surface area contributed by atoms with Crippen LogP contribution in [0.4, 0.5) is 4.39 Å². The van der Waals surface area contributed by atoms with Crippen LogP contribution in [0.3, 0.4) is 0 Å². The fourth-order valence-corrected chi connectivity index (χ4v) is 2.04. The Bertz CT molecular complexity index is 509. The predicted molar refractivity (Wildman–Crippen MR) is 68.6 cm³/mol. The zero-order valence-corrected chi connectivity index (χ0v) is 11.2. The second kappa shape index (κ2) is 6.42. The van der Waals surface area contributed by atoms with Crippen LogP contribution in [0.1, 0.15) is 10.4 Å². The van der Waals surface area contributed by atoms with Crippen molar-refractivity contribution < 1.29 is 18.7 Å². The van der Waals surface area contributed by atoms with Crippen LogP contribution in [0.25, 0.3) is 0 Å². The van der Waals surface area contributed by atoms with Gasteiger partial charge in [-0.15, -0.1) is 0 Å². The minimum absolute atomic E-state index is 0.0374. The number of hydrogen-bond acceptors (Lipinski definition) is 4. The monoisotopic (exact) mass is 281 g/mol. The summed E-state index contributed by atoms with van der Waals surface area (Å²) in [5.41, 5.74) is -0.0573. The molecule has 0 spiro atoms. The first-order valence-corrected chi connectivity index (χ1v) is 6.29. The molecule has 7 heteroatoms. The largest absolute Gasteiger partial charge is 0.383 e. The molecule has 1 saturated heterocycles. The molecule has 0 aliphatic carbocycles. The molecular weight excluding hydrogens is 265 g/mol. The van der Waals surface area contributed by atoms with Gasteiger partial charge in [0.1, 0.15) is 6.54 Å². The van der Waals surface area contributed by atoms with Crippen LogP contribution >= 0.6 is 0 Å². The minimum Gasteiger partial charge on any atom is -0.383 e. The topological polar surface area (TPSA) is 62.7 Å². The highest BCUT2D eigenvalue weighted by molar-refractivity contribution is 5.97. The number of rotatable bonds is 4. The molecule has 0 aromatic carbocycles. The molecule has 2 rings (SSSR count). The highest BCUT2D eigenvalue weighted by Gasteiger charge is 2.28. The second-order valence-corrected chi connectivity index (χ2v) is 4.46. The van der Waals surface area contributed by atoms with Crippen molar-refractivity contribution in [2.75, 3.05) is 39.9 Å². The first kappa shape index (κ1) is 14.4. The molecule has 1 fully saturated rings. The SMILES string of the molecule is COCCN1CCN(C(=O)c2ccncc2F)CC1=O. The van der Waals surface area contributed by atoms with Gasteiger partial charge >= 0.3 is 0 Å². The normalized spacial score (nSPS) is 15.6. The highest BCUT2D eigenvalue weighted by atomic mass is 19.1. The van der Waals surface area contributed by atoms with E-state index >= 15 is 0 Å². The van der Waals surface area contributed by atoms with E-state index in [9.17, 15) is 14.0 Å². The molecule has 0 radical (unpaired) electrons. The van der Waals surface area contributed by atoms with Gasteiger partial charge in [-0.25, -0.2) is 4.39 Å². The third kappa shape index (κ3) is 3.11. The zero-order valence-electron chi connectivity index (χ0n) is 11.2. The number of methoxy groups -OCH3 is 1. The van der Waals surface area contributed by atoms with Crippen LogP contribution in [0, 0.1) is 5.82 Å². The van der Waals surface area contributed by atoms with Crippen LogP contribution in [0.2, 0.25) is 0 Å². The first-order valence-electron chi connectivity index (χ1n) is 6.29. The molecule has 108 valence electrons. The number of amides is 2. The second-order valence-electron chi connectivity index (χ2n) is 4.46. The Morgan fingerprint density at radius 1 is 1.50 bits per heavy atom. The first-order chi connectivity index (χ1) is 9.63. The van der Waals surface area contributed by atoms with Crippen molar-refractivity contribution >= 4 is 11.8 Å². The molecule has 1 aliphatic rings. The van der Waals surface area contributed by atoms with E-state index in [1.165, 1.54) is 17.2 Å². The summed E-state index contributed by atoms with van der Waals surface area (Å²) in [6.45, 7) is 1.74. The van der Waals surface area contributed by atoms with Gasteiger partial charge in [-0.2, -0.15) is 0 Å². The van der Waals surface area contributed by atoms with Crippen molar-refractivity contribution in [3.8, 4) is 0 Å². The van der Waals surface area contributed by atoms with Crippen molar-refractivity contribution in [2.24, 2.45) is 0 Å². The molecule has 2 amide bonds. The summed E-state index contributed by atoms with van der Waals surface area (Å²) in [5, 5.41) is 0. The van der Waals surface area contributed by atoms with Gasteiger partial charge in [-0.05, 0) is 6.07 Å². The van der Waals surface area contributed by atoms with Crippen LogP contribution in [-0.2, 0) is 9.53 Å². The number of piperazine rings is 1. The lowest BCUT2D eigenvalue weighted by atomic mass is 10.2. The minimum atomic E-state index is -0.674. The fraction of sp³-hybridized carbons (Fsp3) is 0.462. The average molecular weight is 281 g/mol. The Labute approximate surface area is 116 Å². The summed E-state index contributed by atoms with van der Waals surface area (Å²) in [6.07, 6.45) is 2.34. The van der Waals surface area contributed by atoms with E-state index in [-0.39, 0.29) is 18.0 Å². The fourth-order valence-electron chi connectivity index (χ4n) is 2.04. The highest BCUT2D eigenvalue weighted by Crippen LogP contribution is 2.11. The molecule has 0 atom stereocenters. The van der Waals surface area contributed by atoms with E-state index in [4.69, 9.17) is 4.74 Å². The van der Waals surface area contributed by atoms with Crippen LogP contribution in [0.5, 0.6) is 0 Å². The summed E-state index contributed by atoms with van der Waals surface area (Å²) in [7, 11) is 1.57. The summed E-state index contributed by atoms with van der Waals surface area (Å²) in [6, 6.07) is 1.32. The van der Waals surface area contributed by atoms with Gasteiger partial charge < -0.3 is 14.5 Å². The van der Waals surface area contributed by atoms with Crippen LogP contribution in [-0.4, -0.2) is 66.5 Å². The number of halogens is 1. The quantitative estimate of drug-likeness (QED) is 0.788. The predicted octanol–water partition coefficient (Wildman–Crippen LogP) is 0.151. The molecule has 20 heavy (non-hydrogen) atoms. The van der Waals surface area contributed by atoms with Gasteiger partial charge in [0, 0.05) is 32.9 Å². The lowest BCUT2D eigenvalue weighted by Crippen LogP contribution is -2.53. The van der Waals surface area contributed by atoms with E-state index in [1.807, 2.05) is 0 Å². The van der Waals surface area contributed by atoms with Gasteiger partial charge in [-0.1, -0.05) is 0 Å². The average Bonchev–Trinajstić information content (AvgIpc) is 2.46. The Balaban J connectivity index is 2.01. The van der Waals surface area contributed by atoms with Crippen LogP contribution in [0.15, 0.2) is 18.5 Å². The number of carbonyl (C=O) groups is 2. The van der Waals surface area contributed by atoms with Crippen molar-refractivity contribution in [3.05, 3.63) is 29.8 Å². The summed E-state index contributed by atoms with van der Waals surface area (Å²) in [5.74, 6) is -1.31. The van der Waals surface area contributed by atoms with Crippen molar-refractivity contribution in [2.45, 2.75) is 0 Å².